The maximum atomic E-state index is 13.5. The Morgan fingerprint density at radius 3 is 2.44 bits per heavy atom. The molecule has 0 saturated heterocycles. The topological polar surface area (TPSA) is 84.5 Å². The Morgan fingerprint density at radius 1 is 1.15 bits per heavy atom. The highest BCUT2D eigenvalue weighted by Gasteiger charge is 2.16. The summed E-state index contributed by atoms with van der Waals surface area (Å²) in [4.78, 5) is 11.9. The normalized spacial score (nSPS) is 12.4. The minimum absolute atomic E-state index is 0.0708. The van der Waals surface area contributed by atoms with Gasteiger partial charge in [-0.05, 0) is 49.7 Å². The summed E-state index contributed by atoms with van der Waals surface area (Å²) in [7, 11) is -3.63. The number of nitrogens with one attached hydrogen (secondary N) is 2. The van der Waals surface area contributed by atoms with Gasteiger partial charge in [0.15, 0.2) is 6.61 Å². The van der Waals surface area contributed by atoms with Crippen molar-refractivity contribution in [1.82, 2.24) is 4.72 Å². The first kappa shape index (κ1) is 20.8. The lowest BCUT2D eigenvalue weighted by atomic mass is 10.3. The highest BCUT2D eigenvalue weighted by molar-refractivity contribution is 7.89. The van der Waals surface area contributed by atoms with Crippen molar-refractivity contribution in [1.29, 1.82) is 0 Å². The highest BCUT2D eigenvalue weighted by atomic mass is 32.2. The van der Waals surface area contributed by atoms with E-state index < -0.39 is 34.2 Å². The number of benzene rings is 2. The number of halogens is 2. The zero-order chi connectivity index (χ0) is 20.0. The largest absolute Gasteiger partial charge is 0.484 e. The Labute approximate surface area is 156 Å². The van der Waals surface area contributed by atoms with E-state index in [0.717, 1.165) is 18.2 Å². The minimum Gasteiger partial charge on any atom is -0.484 e. The Hall–Kier alpha value is -2.52. The Bertz CT molecular complexity index is 902. The molecule has 0 aliphatic carbocycles. The van der Waals surface area contributed by atoms with E-state index in [2.05, 4.69) is 10.0 Å². The Morgan fingerprint density at radius 2 is 1.81 bits per heavy atom. The van der Waals surface area contributed by atoms with Gasteiger partial charge in [-0.15, -0.1) is 0 Å². The standard InChI is InChI=1S/C18H20F2N2O4S/c1-3-12(2)22-27(24,25)15-7-5-14(6-8-15)26-11-18(23)21-17-10-13(19)4-9-16(17)20/h4-10,12,22H,3,11H2,1-2H3,(H,21,23)/t12-/m0/s1. The van der Waals surface area contributed by atoms with Crippen molar-refractivity contribution in [3.05, 3.63) is 54.1 Å². The molecule has 9 heteroatoms. The van der Waals surface area contributed by atoms with E-state index in [1.54, 1.807) is 6.92 Å². The zero-order valence-electron chi connectivity index (χ0n) is 14.8. The van der Waals surface area contributed by atoms with Gasteiger partial charge < -0.3 is 10.1 Å². The summed E-state index contributed by atoms with van der Waals surface area (Å²) in [5.41, 5.74) is -0.291. The van der Waals surface area contributed by atoms with E-state index in [-0.39, 0.29) is 22.4 Å². The van der Waals surface area contributed by atoms with Crippen LogP contribution < -0.4 is 14.8 Å². The number of hydrogen-bond acceptors (Lipinski definition) is 4. The van der Waals surface area contributed by atoms with Crippen LogP contribution in [0.2, 0.25) is 0 Å². The van der Waals surface area contributed by atoms with Crippen molar-refractivity contribution in [3.63, 3.8) is 0 Å². The molecule has 2 rings (SSSR count). The molecule has 1 amide bonds. The molecule has 2 aromatic carbocycles. The van der Waals surface area contributed by atoms with Gasteiger partial charge in [0.25, 0.3) is 5.91 Å². The second-order valence-electron chi connectivity index (χ2n) is 5.86. The molecule has 0 aliphatic rings. The second-order valence-corrected chi connectivity index (χ2v) is 7.58. The van der Waals surface area contributed by atoms with Crippen LogP contribution in [0.25, 0.3) is 0 Å². The van der Waals surface area contributed by atoms with Crippen molar-refractivity contribution in [3.8, 4) is 5.75 Å². The monoisotopic (exact) mass is 398 g/mol. The molecule has 146 valence electrons. The molecule has 0 unspecified atom stereocenters. The summed E-state index contributed by atoms with van der Waals surface area (Å²) in [5.74, 6) is -1.88. The zero-order valence-corrected chi connectivity index (χ0v) is 15.6. The van der Waals surface area contributed by atoms with E-state index in [1.165, 1.54) is 24.3 Å². The number of amides is 1. The molecule has 2 aromatic rings. The molecule has 0 aromatic heterocycles. The van der Waals surface area contributed by atoms with Gasteiger partial charge in [0.2, 0.25) is 10.0 Å². The highest BCUT2D eigenvalue weighted by Crippen LogP contribution is 2.18. The third kappa shape index (κ3) is 6.00. The van der Waals surface area contributed by atoms with Crippen molar-refractivity contribution in [2.24, 2.45) is 0 Å². The summed E-state index contributed by atoms with van der Waals surface area (Å²) in [6.07, 6.45) is 0.654. The maximum absolute atomic E-state index is 13.5. The van der Waals surface area contributed by atoms with E-state index in [4.69, 9.17) is 4.74 Å². The molecular formula is C18H20F2N2O4S. The first-order valence-electron chi connectivity index (χ1n) is 8.21. The third-order valence-corrected chi connectivity index (χ3v) is 5.28. The van der Waals surface area contributed by atoms with E-state index in [1.807, 2.05) is 6.92 Å². The number of ether oxygens (including phenoxy) is 1. The van der Waals surface area contributed by atoms with Crippen LogP contribution in [-0.2, 0) is 14.8 Å². The quantitative estimate of drug-likeness (QED) is 0.716. The number of rotatable bonds is 8. The van der Waals surface area contributed by atoms with Crippen LogP contribution in [0.3, 0.4) is 0 Å². The van der Waals surface area contributed by atoms with Crippen molar-refractivity contribution in [2.75, 3.05) is 11.9 Å². The predicted molar refractivity (Wildman–Crippen MR) is 97.0 cm³/mol. The molecule has 6 nitrogen and oxygen atoms in total. The lowest BCUT2D eigenvalue weighted by Gasteiger charge is -2.12. The number of carbonyl (C=O) groups is 1. The SMILES string of the molecule is CC[C@H](C)NS(=O)(=O)c1ccc(OCC(=O)Nc2cc(F)ccc2F)cc1. The lowest BCUT2D eigenvalue weighted by molar-refractivity contribution is -0.118. The van der Waals surface area contributed by atoms with Gasteiger partial charge in [0.05, 0.1) is 10.6 Å². The molecule has 0 bridgehead atoms. The van der Waals surface area contributed by atoms with Crippen molar-refractivity contribution < 1.29 is 26.7 Å². The average molecular weight is 398 g/mol. The molecule has 0 saturated carbocycles. The second kappa shape index (κ2) is 8.92. The maximum Gasteiger partial charge on any atom is 0.262 e. The van der Waals surface area contributed by atoms with E-state index in [0.29, 0.717) is 6.42 Å². The number of sulfonamides is 1. The summed E-state index contributed by atoms with van der Waals surface area (Å²) in [6.45, 7) is 3.17. The molecule has 0 aliphatic heterocycles. The summed E-state index contributed by atoms with van der Waals surface area (Å²) < 4.78 is 58.6. The molecule has 1 atom stereocenters. The molecule has 0 fully saturated rings. The molecular weight excluding hydrogens is 378 g/mol. The summed E-state index contributed by atoms with van der Waals surface area (Å²) >= 11 is 0. The Balaban J connectivity index is 1.95. The smallest absolute Gasteiger partial charge is 0.262 e. The number of hydrogen-bond donors (Lipinski definition) is 2. The van der Waals surface area contributed by atoms with Gasteiger partial charge in [-0.3, -0.25) is 4.79 Å². The fraction of sp³-hybridized carbons (Fsp3) is 0.278. The van der Waals surface area contributed by atoms with Crippen LogP contribution >= 0.6 is 0 Å². The van der Waals surface area contributed by atoms with Crippen LogP contribution in [0, 0.1) is 11.6 Å². The molecule has 27 heavy (non-hydrogen) atoms. The fourth-order valence-electron chi connectivity index (χ4n) is 2.06. The van der Waals surface area contributed by atoms with Crippen LogP contribution in [0.15, 0.2) is 47.4 Å². The lowest BCUT2D eigenvalue weighted by Crippen LogP contribution is -2.31. The fourth-order valence-corrected chi connectivity index (χ4v) is 3.39. The third-order valence-electron chi connectivity index (χ3n) is 3.68. The molecule has 0 spiro atoms. The van der Waals surface area contributed by atoms with Crippen LogP contribution in [0.5, 0.6) is 5.75 Å². The first-order chi connectivity index (χ1) is 12.7. The van der Waals surface area contributed by atoms with Gasteiger partial charge in [-0.1, -0.05) is 6.92 Å². The Kier molecular flexibility index (Phi) is 6.86. The number of carbonyl (C=O) groups excluding carboxylic acids is 1. The van der Waals surface area contributed by atoms with Gasteiger partial charge >= 0.3 is 0 Å². The molecule has 2 N–H and O–H groups in total. The predicted octanol–water partition coefficient (Wildman–Crippen LogP) is 3.06. The van der Waals surface area contributed by atoms with Gasteiger partial charge in [-0.25, -0.2) is 21.9 Å². The summed E-state index contributed by atoms with van der Waals surface area (Å²) in [5, 5.41) is 2.20. The molecule has 0 radical (unpaired) electrons. The average Bonchev–Trinajstić information content (AvgIpc) is 2.63. The summed E-state index contributed by atoms with van der Waals surface area (Å²) in [6, 6.07) is 8.01. The van der Waals surface area contributed by atoms with Crippen LogP contribution in [0.4, 0.5) is 14.5 Å². The van der Waals surface area contributed by atoms with Gasteiger partial charge in [0.1, 0.15) is 17.4 Å². The van der Waals surface area contributed by atoms with Crippen LogP contribution in [-0.4, -0.2) is 27.0 Å². The number of anilines is 1. The van der Waals surface area contributed by atoms with Gasteiger partial charge in [-0.2, -0.15) is 0 Å². The van der Waals surface area contributed by atoms with Gasteiger partial charge in [0, 0.05) is 12.1 Å². The van der Waals surface area contributed by atoms with E-state index >= 15 is 0 Å². The van der Waals surface area contributed by atoms with Crippen molar-refractivity contribution >= 4 is 21.6 Å². The molecule has 0 heterocycles. The first-order valence-corrected chi connectivity index (χ1v) is 9.69. The minimum atomic E-state index is -3.63. The van der Waals surface area contributed by atoms with Crippen LogP contribution in [0.1, 0.15) is 20.3 Å². The van der Waals surface area contributed by atoms with E-state index in [9.17, 15) is 22.0 Å². The van der Waals surface area contributed by atoms with Crippen molar-refractivity contribution in [2.45, 2.75) is 31.2 Å².